The number of methoxy groups -OCH3 is 1. The van der Waals surface area contributed by atoms with Gasteiger partial charge in [0.2, 0.25) is 0 Å². The predicted octanol–water partition coefficient (Wildman–Crippen LogP) is 5.08. The Morgan fingerprint density at radius 2 is 2.04 bits per heavy atom. The summed E-state index contributed by atoms with van der Waals surface area (Å²) in [6.07, 6.45) is 4.11. The zero-order chi connectivity index (χ0) is 19.7. The van der Waals surface area contributed by atoms with E-state index < -0.39 is 0 Å². The van der Waals surface area contributed by atoms with Crippen LogP contribution in [0.3, 0.4) is 0 Å². The summed E-state index contributed by atoms with van der Waals surface area (Å²) < 4.78 is 5.37. The Labute approximate surface area is 168 Å². The molecule has 0 spiro atoms. The molecular formula is C22H20ClN3O2. The topological polar surface area (TPSA) is 54.5 Å². The molecule has 0 radical (unpaired) electrons. The van der Waals surface area contributed by atoms with Gasteiger partial charge in [0.1, 0.15) is 5.75 Å². The van der Waals surface area contributed by atoms with Crippen LogP contribution in [0, 0.1) is 0 Å². The van der Waals surface area contributed by atoms with Crippen LogP contribution in [0.2, 0.25) is 5.02 Å². The van der Waals surface area contributed by atoms with Gasteiger partial charge in [-0.25, -0.2) is 0 Å². The molecule has 0 saturated carbocycles. The molecule has 1 aromatic heterocycles. The highest BCUT2D eigenvalue weighted by atomic mass is 35.5. The molecule has 142 valence electrons. The Kier molecular flexibility index (Phi) is 4.92. The molecule has 0 bridgehead atoms. The normalized spacial score (nSPS) is 15.2. The number of carbonyl (C=O) groups is 1. The van der Waals surface area contributed by atoms with E-state index in [0.717, 1.165) is 12.1 Å². The second-order valence-corrected chi connectivity index (χ2v) is 7.23. The highest BCUT2D eigenvalue weighted by Gasteiger charge is 2.31. The summed E-state index contributed by atoms with van der Waals surface area (Å²) in [5.74, 6) is 0.592. The maximum atomic E-state index is 13.2. The van der Waals surface area contributed by atoms with E-state index in [9.17, 15) is 4.79 Å². The summed E-state index contributed by atoms with van der Waals surface area (Å²) >= 11 is 6.10. The van der Waals surface area contributed by atoms with Crippen molar-refractivity contribution in [2.24, 2.45) is 0 Å². The maximum absolute atomic E-state index is 13.2. The number of aromatic nitrogens is 1. The first-order chi connectivity index (χ1) is 13.6. The van der Waals surface area contributed by atoms with Crippen molar-refractivity contribution in [2.75, 3.05) is 17.3 Å². The number of fused-ring (bicyclic) bond motifs is 1. The summed E-state index contributed by atoms with van der Waals surface area (Å²) in [6.45, 7) is 2.06. The van der Waals surface area contributed by atoms with E-state index in [0.29, 0.717) is 27.7 Å². The van der Waals surface area contributed by atoms with Gasteiger partial charge in [-0.15, -0.1) is 0 Å². The summed E-state index contributed by atoms with van der Waals surface area (Å²) in [5, 5.41) is 3.83. The quantitative estimate of drug-likeness (QED) is 0.671. The number of anilines is 3. The average molecular weight is 394 g/mol. The number of pyridine rings is 1. The van der Waals surface area contributed by atoms with Crippen LogP contribution in [0.4, 0.5) is 17.1 Å². The van der Waals surface area contributed by atoms with Gasteiger partial charge < -0.3 is 15.0 Å². The molecule has 1 N–H and O–H groups in total. The molecule has 6 heteroatoms. The number of nitrogens with zero attached hydrogens (tertiary/aromatic N) is 2. The summed E-state index contributed by atoms with van der Waals surface area (Å²) in [4.78, 5) is 19.3. The number of nitrogens with one attached hydrogen (secondary N) is 1. The molecule has 1 aliphatic heterocycles. The monoisotopic (exact) mass is 393 g/mol. The maximum Gasteiger partial charge on any atom is 0.260 e. The summed E-state index contributed by atoms with van der Waals surface area (Å²) in [7, 11) is 1.60. The molecule has 3 aromatic rings. The smallest absolute Gasteiger partial charge is 0.260 e. The molecule has 1 unspecified atom stereocenters. The van der Waals surface area contributed by atoms with Gasteiger partial charge in [-0.3, -0.25) is 9.78 Å². The van der Waals surface area contributed by atoms with Crippen LogP contribution in [-0.2, 0) is 6.42 Å². The molecule has 2 aromatic carbocycles. The average Bonchev–Trinajstić information content (AvgIpc) is 3.03. The van der Waals surface area contributed by atoms with Crippen LogP contribution < -0.4 is 15.0 Å². The molecule has 0 aliphatic carbocycles. The molecule has 2 heterocycles. The number of amides is 1. The predicted molar refractivity (Wildman–Crippen MR) is 112 cm³/mol. The largest absolute Gasteiger partial charge is 0.495 e. The molecule has 1 atom stereocenters. The van der Waals surface area contributed by atoms with E-state index in [2.05, 4.69) is 23.3 Å². The van der Waals surface area contributed by atoms with Crippen molar-refractivity contribution < 1.29 is 9.53 Å². The van der Waals surface area contributed by atoms with Crippen molar-refractivity contribution >= 4 is 34.6 Å². The number of ether oxygens (including phenoxy) is 1. The van der Waals surface area contributed by atoms with Gasteiger partial charge in [0, 0.05) is 22.9 Å². The number of benzene rings is 2. The number of carbonyl (C=O) groups excluding carboxylic acids is 1. The Balaban J connectivity index is 1.63. The van der Waals surface area contributed by atoms with E-state index in [1.807, 2.05) is 23.1 Å². The van der Waals surface area contributed by atoms with Gasteiger partial charge in [0.25, 0.3) is 5.91 Å². The van der Waals surface area contributed by atoms with E-state index in [-0.39, 0.29) is 11.9 Å². The number of halogens is 1. The van der Waals surface area contributed by atoms with Gasteiger partial charge in [-0.05, 0) is 49.2 Å². The van der Waals surface area contributed by atoms with E-state index >= 15 is 0 Å². The van der Waals surface area contributed by atoms with Crippen molar-refractivity contribution in [3.05, 3.63) is 77.1 Å². The first-order valence-corrected chi connectivity index (χ1v) is 9.41. The van der Waals surface area contributed by atoms with Gasteiger partial charge >= 0.3 is 0 Å². The van der Waals surface area contributed by atoms with Crippen molar-refractivity contribution in [2.45, 2.75) is 19.4 Å². The summed E-state index contributed by atoms with van der Waals surface area (Å²) in [6, 6.07) is 15.2. The third-order valence-corrected chi connectivity index (χ3v) is 5.09. The third kappa shape index (κ3) is 3.41. The Morgan fingerprint density at radius 1 is 1.21 bits per heavy atom. The second-order valence-electron chi connectivity index (χ2n) is 6.79. The molecule has 4 rings (SSSR count). The Morgan fingerprint density at radius 3 is 2.86 bits per heavy atom. The fourth-order valence-corrected chi connectivity index (χ4v) is 3.74. The lowest BCUT2D eigenvalue weighted by Gasteiger charge is -2.23. The van der Waals surface area contributed by atoms with Gasteiger partial charge in [-0.2, -0.15) is 0 Å². The lowest BCUT2D eigenvalue weighted by molar-refractivity contribution is 0.0981. The molecule has 28 heavy (non-hydrogen) atoms. The van der Waals surface area contributed by atoms with Crippen LogP contribution in [-0.4, -0.2) is 24.0 Å². The lowest BCUT2D eigenvalue weighted by atomic mass is 10.1. The molecular weight excluding hydrogens is 374 g/mol. The highest BCUT2D eigenvalue weighted by molar-refractivity contribution is 6.31. The van der Waals surface area contributed by atoms with Gasteiger partial charge in [0.15, 0.2) is 0 Å². The Hall–Kier alpha value is -3.05. The van der Waals surface area contributed by atoms with Crippen LogP contribution in [0.5, 0.6) is 5.75 Å². The number of hydrogen-bond donors (Lipinski definition) is 1. The van der Waals surface area contributed by atoms with Gasteiger partial charge in [0.05, 0.1) is 30.2 Å². The zero-order valence-electron chi connectivity index (χ0n) is 15.6. The molecule has 1 aliphatic rings. The van der Waals surface area contributed by atoms with E-state index in [4.69, 9.17) is 16.3 Å². The van der Waals surface area contributed by atoms with Crippen LogP contribution in [0.25, 0.3) is 0 Å². The summed E-state index contributed by atoms with van der Waals surface area (Å²) in [5.41, 5.74) is 4.08. The first kappa shape index (κ1) is 18.3. The third-order valence-electron chi connectivity index (χ3n) is 4.85. The molecule has 1 amide bonds. The minimum absolute atomic E-state index is 0.0633. The fraction of sp³-hybridized carbons (Fsp3) is 0.182. The number of rotatable bonds is 4. The fourth-order valence-electron chi connectivity index (χ4n) is 3.57. The van der Waals surface area contributed by atoms with Crippen molar-refractivity contribution in [3.8, 4) is 5.75 Å². The Bertz CT molecular complexity index is 1040. The highest BCUT2D eigenvalue weighted by Crippen LogP contribution is 2.34. The number of hydrogen-bond acceptors (Lipinski definition) is 4. The first-order valence-electron chi connectivity index (χ1n) is 9.04. The lowest BCUT2D eigenvalue weighted by Crippen LogP contribution is -2.35. The van der Waals surface area contributed by atoms with Crippen molar-refractivity contribution in [1.29, 1.82) is 0 Å². The zero-order valence-corrected chi connectivity index (χ0v) is 16.4. The number of para-hydroxylation sites is 1. The van der Waals surface area contributed by atoms with Crippen molar-refractivity contribution in [1.82, 2.24) is 4.98 Å². The van der Waals surface area contributed by atoms with Gasteiger partial charge in [-0.1, -0.05) is 29.8 Å². The molecule has 0 fully saturated rings. The second kappa shape index (κ2) is 7.52. The van der Waals surface area contributed by atoms with E-state index in [1.165, 1.54) is 5.56 Å². The van der Waals surface area contributed by atoms with Crippen LogP contribution in [0.1, 0.15) is 22.8 Å². The molecule has 5 nitrogen and oxygen atoms in total. The minimum Gasteiger partial charge on any atom is -0.495 e. The minimum atomic E-state index is -0.0633. The van der Waals surface area contributed by atoms with Crippen LogP contribution in [0.15, 0.2) is 60.9 Å². The van der Waals surface area contributed by atoms with E-state index in [1.54, 1.807) is 43.8 Å². The SMILES string of the molecule is COc1ccc(Cl)cc1Nc1cncc(C(=O)N2c3ccccc3CC2C)c1. The standard InChI is InChI=1S/C22H20ClN3O2/c1-14-9-15-5-3-4-6-20(15)26(14)22(27)16-10-18(13-24-12-16)25-19-11-17(23)7-8-21(19)28-2/h3-8,10-14,25H,9H2,1-2H3. The van der Waals surface area contributed by atoms with Crippen LogP contribution >= 0.6 is 11.6 Å². The van der Waals surface area contributed by atoms with Crippen molar-refractivity contribution in [3.63, 3.8) is 0 Å². The molecule has 0 saturated heterocycles.